The average molecular weight is 281 g/mol. The van der Waals surface area contributed by atoms with Crippen LogP contribution in [0.1, 0.15) is 45.6 Å². The summed E-state index contributed by atoms with van der Waals surface area (Å²) in [6, 6.07) is 5.60. The zero-order valence-corrected chi connectivity index (χ0v) is 12.9. The number of aliphatic hydroxyl groups is 1. The monoisotopic (exact) mass is 281 g/mol. The van der Waals surface area contributed by atoms with Gasteiger partial charge in [-0.15, -0.1) is 0 Å². The molecule has 3 N–H and O–H groups in total. The van der Waals surface area contributed by atoms with Crippen molar-refractivity contribution in [2.75, 3.05) is 13.2 Å². The van der Waals surface area contributed by atoms with Crippen molar-refractivity contribution in [3.05, 3.63) is 23.8 Å². The van der Waals surface area contributed by atoms with Gasteiger partial charge in [0, 0.05) is 11.6 Å². The third kappa shape index (κ3) is 4.69. The number of aliphatic hydroxyl groups excluding tert-OH is 1. The zero-order valence-electron chi connectivity index (χ0n) is 12.9. The van der Waals surface area contributed by atoms with Gasteiger partial charge in [-0.05, 0) is 51.3 Å². The van der Waals surface area contributed by atoms with Crippen LogP contribution in [-0.2, 0) is 0 Å². The quantitative estimate of drug-likeness (QED) is 0.769. The lowest BCUT2D eigenvalue weighted by Gasteiger charge is -2.22. The molecule has 0 amide bonds. The van der Waals surface area contributed by atoms with E-state index in [1.807, 2.05) is 39.0 Å². The minimum absolute atomic E-state index is 0.151. The molecule has 0 bridgehead atoms. The maximum absolute atomic E-state index is 9.95. The first kappa shape index (κ1) is 16.8. The van der Waals surface area contributed by atoms with E-state index in [1.54, 1.807) is 0 Å². The molecule has 20 heavy (non-hydrogen) atoms. The Hall–Kier alpha value is -1.26. The van der Waals surface area contributed by atoms with Crippen LogP contribution in [0.15, 0.2) is 18.2 Å². The first-order chi connectivity index (χ1) is 9.49. The van der Waals surface area contributed by atoms with Crippen LogP contribution in [0, 0.1) is 0 Å². The van der Waals surface area contributed by atoms with E-state index in [4.69, 9.17) is 15.2 Å². The minimum Gasteiger partial charge on any atom is -0.494 e. The molecule has 114 valence electrons. The predicted molar refractivity (Wildman–Crippen MR) is 81.5 cm³/mol. The van der Waals surface area contributed by atoms with Crippen LogP contribution in [-0.4, -0.2) is 30.5 Å². The van der Waals surface area contributed by atoms with E-state index >= 15 is 0 Å². The Bertz CT molecular complexity index is 407. The summed E-state index contributed by atoms with van der Waals surface area (Å²) in [5, 5.41) is 9.95. The Balaban J connectivity index is 2.95. The third-order valence-electron chi connectivity index (χ3n) is 3.32. The highest BCUT2D eigenvalue weighted by atomic mass is 16.5. The van der Waals surface area contributed by atoms with E-state index < -0.39 is 6.10 Å². The molecule has 0 saturated carbocycles. The van der Waals surface area contributed by atoms with Crippen molar-refractivity contribution in [1.29, 1.82) is 0 Å². The fraction of sp³-hybridized carbons (Fsp3) is 0.625. The van der Waals surface area contributed by atoms with Gasteiger partial charge < -0.3 is 20.3 Å². The highest BCUT2D eigenvalue weighted by Crippen LogP contribution is 2.33. The highest BCUT2D eigenvalue weighted by Gasteiger charge is 2.19. The van der Waals surface area contributed by atoms with E-state index in [0.717, 1.165) is 17.1 Å². The summed E-state index contributed by atoms with van der Waals surface area (Å²) >= 11 is 0. The molecule has 0 aliphatic rings. The number of hydrogen-bond acceptors (Lipinski definition) is 4. The van der Waals surface area contributed by atoms with Crippen LogP contribution in [0.5, 0.6) is 11.5 Å². The van der Waals surface area contributed by atoms with Crippen molar-refractivity contribution in [3.8, 4) is 11.5 Å². The van der Waals surface area contributed by atoms with Crippen LogP contribution in [0.4, 0.5) is 0 Å². The molecule has 0 heterocycles. The van der Waals surface area contributed by atoms with E-state index in [-0.39, 0.29) is 12.0 Å². The number of ether oxygens (including phenoxy) is 2. The van der Waals surface area contributed by atoms with Gasteiger partial charge in [0.05, 0.1) is 19.3 Å². The van der Waals surface area contributed by atoms with E-state index in [0.29, 0.717) is 19.6 Å². The highest BCUT2D eigenvalue weighted by molar-refractivity contribution is 5.42. The molecule has 4 heteroatoms. The number of rotatable bonds is 8. The third-order valence-corrected chi connectivity index (χ3v) is 3.32. The molecule has 0 aliphatic carbocycles. The van der Waals surface area contributed by atoms with E-state index in [1.165, 1.54) is 0 Å². The molecule has 0 spiro atoms. The maximum Gasteiger partial charge on any atom is 0.123 e. The van der Waals surface area contributed by atoms with Crippen LogP contribution < -0.4 is 15.2 Å². The van der Waals surface area contributed by atoms with E-state index in [9.17, 15) is 5.11 Å². The number of hydrogen-bond donors (Lipinski definition) is 2. The van der Waals surface area contributed by atoms with Crippen LogP contribution in [0.3, 0.4) is 0 Å². The molecule has 0 saturated heterocycles. The molecule has 4 nitrogen and oxygen atoms in total. The van der Waals surface area contributed by atoms with E-state index in [2.05, 4.69) is 6.92 Å². The smallest absolute Gasteiger partial charge is 0.123 e. The molecule has 0 radical (unpaired) electrons. The molecule has 0 aliphatic heterocycles. The van der Waals surface area contributed by atoms with Gasteiger partial charge in [0.15, 0.2) is 0 Å². The second kappa shape index (κ2) is 8.12. The summed E-state index contributed by atoms with van der Waals surface area (Å²) in [7, 11) is 0. The summed E-state index contributed by atoms with van der Waals surface area (Å²) in [6.45, 7) is 9.05. The second-order valence-electron chi connectivity index (χ2n) is 5.13. The Morgan fingerprint density at radius 1 is 1.15 bits per heavy atom. The topological polar surface area (TPSA) is 64.7 Å². The van der Waals surface area contributed by atoms with Crippen LogP contribution >= 0.6 is 0 Å². The minimum atomic E-state index is -0.518. The Morgan fingerprint density at radius 2 is 1.80 bits per heavy atom. The van der Waals surface area contributed by atoms with Gasteiger partial charge in [-0.3, -0.25) is 0 Å². The molecule has 3 atom stereocenters. The SMILES string of the molecule is CCOc1ccc(OCC)c(C(C)CC(O)C(C)N)c1. The van der Waals surface area contributed by atoms with Crippen molar-refractivity contribution in [1.82, 2.24) is 0 Å². The standard InChI is InChI=1S/C16H27NO3/c1-5-19-13-7-8-16(20-6-2)14(10-13)11(3)9-15(18)12(4)17/h7-8,10-12,15,18H,5-6,9,17H2,1-4H3. The van der Waals surface area contributed by atoms with Crippen molar-refractivity contribution < 1.29 is 14.6 Å². The predicted octanol–water partition coefficient (Wildman–Crippen LogP) is 2.69. The van der Waals surface area contributed by atoms with Gasteiger partial charge in [-0.2, -0.15) is 0 Å². The van der Waals surface area contributed by atoms with Gasteiger partial charge in [-0.1, -0.05) is 6.92 Å². The number of benzene rings is 1. The summed E-state index contributed by atoms with van der Waals surface area (Å²) in [5.41, 5.74) is 6.78. The zero-order chi connectivity index (χ0) is 15.1. The molecule has 0 fully saturated rings. The van der Waals surface area contributed by atoms with Gasteiger partial charge in [0.2, 0.25) is 0 Å². The maximum atomic E-state index is 9.95. The molecule has 1 aromatic carbocycles. The van der Waals surface area contributed by atoms with Gasteiger partial charge in [0.25, 0.3) is 0 Å². The summed E-state index contributed by atoms with van der Waals surface area (Å²) < 4.78 is 11.2. The summed E-state index contributed by atoms with van der Waals surface area (Å²) in [5.74, 6) is 1.83. The summed E-state index contributed by atoms with van der Waals surface area (Å²) in [6.07, 6.45) is 0.0862. The fourth-order valence-corrected chi connectivity index (χ4v) is 2.16. The lowest BCUT2D eigenvalue weighted by atomic mass is 9.92. The largest absolute Gasteiger partial charge is 0.494 e. The Labute approximate surface area is 121 Å². The van der Waals surface area contributed by atoms with Crippen molar-refractivity contribution >= 4 is 0 Å². The summed E-state index contributed by atoms with van der Waals surface area (Å²) in [4.78, 5) is 0. The van der Waals surface area contributed by atoms with Crippen LogP contribution in [0.25, 0.3) is 0 Å². The molecule has 1 rings (SSSR count). The average Bonchev–Trinajstić information content (AvgIpc) is 2.40. The first-order valence-electron chi connectivity index (χ1n) is 7.32. The fourth-order valence-electron chi connectivity index (χ4n) is 2.16. The lowest BCUT2D eigenvalue weighted by Crippen LogP contribution is -2.32. The number of nitrogens with two attached hydrogens (primary N) is 1. The Kier molecular flexibility index (Phi) is 6.82. The van der Waals surface area contributed by atoms with Gasteiger partial charge in [-0.25, -0.2) is 0 Å². The molecule has 3 unspecified atom stereocenters. The normalized spacial score (nSPS) is 15.5. The van der Waals surface area contributed by atoms with Gasteiger partial charge in [0.1, 0.15) is 11.5 Å². The lowest BCUT2D eigenvalue weighted by molar-refractivity contribution is 0.134. The van der Waals surface area contributed by atoms with Crippen LogP contribution in [0.2, 0.25) is 0 Å². The Morgan fingerprint density at radius 3 is 2.35 bits per heavy atom. The van der Waals surface area contributed by atoms with Crippen molar-refractivity contribution in [2.24, 2.45) is 5.73 Å². The molecular formula is C16H27NO3. The molecular weight excluding hydrogens is 254 g/mol. The first-order valence-corrected chi connectivity index (χ1v) is 7.32. The van der Waals surface area contributed by atoms with Crippen molar-refractivity contribution in [3.63, 3.8) is 0 Å². The molecule has 0 aromatic heterocycles. The molecule has 1 aromatic rings. The van der Waals surface area contributed by atoms with Crippen molar-refractivity contribution in [2.45, 2.75) is 52.2 Å². The van der Waals surface area contributed by atoms with Gasteiger partial charge >= 0.3 is 0 Å². The second-order valence-corrected chi connectivity index (χ2v) is 5.13.